The van der Waals surface area contributed by atoms with Gasteiger partial charge in [0.15, 0.2) is 0 Å². The summed E-state index contributed by atoms with van der Waals surface area (Å²) >= 11 is 6.27. The topological polar surface area (TPSA) is 103 Å². The number of ketones is 1. The zero-order chi connectivity index (χ0) is 28.2. The molecule has 1 fully saturated rings. The van der Waals surface area contributed by atoms with Crippen LogP contribution in [0.3, 0.4) is 0 Å². The average molecular weight is 550 g/mol. The van der Waals surface area contributed by atoms with Gasteiger partial charge in [0.05, 0.1) is 24.3 Å². The van der Waals surface area contributed by atoms with Crippen molar-refractivity contribution in [2.45, 2.75) is 83.8 Å². The molecule has 210 valence electrons. The number of ether oxygens (including phenoxy) is 4. The van der Waals surface area contributed by atoms with Crippen LogP contribution in [-0.2, 0) is 35.0 Å². The Kier molecular flexibility index (Phi) is 13.0. The number of aryl methyl sites for hydroxylation is 1. The fourth-order valence-electron chi connectivity index (χ4n) is 4.72. The summed E-state index contributed by atoms with van der Waals surface area (Å²) < 4.78 is 22.0. The van der Waals surface area contributed by atoms with Gasteiger partial charge in [0, 0.05) is 25.5 Å². The molecule has 1 amide bonds. The quantitative estimate of drug-likeness (QED) is 0.163. The molecule has 1 aliphatic heterocycles. The Morgan fingerprint density at radius 2 is 1.95 bits per heavy atom. The third-order valence-electron chi connectivity index (χ3n) is 6.80. The van der Waals surface area contributed by atoms with Crippen molar-refractivity contribution in [2.24, 2.45) is 5.92 Å². The summed E-state index contributed by atoms with van der Waals surface area (Å²) in [6.45, 7) is 7.82. The number of carbonyl (C=O) groups is 3. The van der Waals surface area contributed by atoms with E-state index in [9.17, 15) is 14.4 Å². The Balaban J connectivity index is 1.95. The van der Waals surface area contributed by atoms with E-state index in [4.69, 9.17) is 30.5 Å². The fourth-order valence-corrected chi connectivity index (χ4v) is 4.90. The number of carbonyl (C=O) groups excluding carboxylic acids is 3. The number of rotatable bonds is 18. The second-order valence-electron chi connectivity index (χ2n) is 9.88. The number of Topliss-reactive ketones (excluding diaryl/α,β-unsaturated/α-hetero) is 1. The standard InChI is InChI=1S/C29H40ClNO7/c1-18(11-22-12-19(2)27(30)25(14-22)36-6)9-7-8-10-23(31-16-32)15-24(35-5)21(4)28-29(38-28)26(37-17-33)13-20(3)34/h7-9,12,14,16-17,21,23-24,26,28-29H,10-11,13,15H2,1-6H3,(H,31,32)/b8-7+,18-9+/t21-,23?,24?,26+,28?,29?/m0/s1. The van der Waals surface area contributed by atoms with Crippen LogP contribution in [0.4, 0.5) is 0 Å². The van der Waals surface area contributed by atoms with E-state index >= 15 is 0 Å². The summed E-state index contributed by atoms with van der Waals surface area (Å²) in [5.41, 5.74) is 3.26. The van der Waals surface area contributed by atoms with E-state index in [2.05, 4.69) is 24.4 Å². The van der Waals surface area contributed by atoms with Crippen molar-refractivity contribution in [3.8, 4) is 5.75 Å². The molecule has 1 N–H and O–H groups in total. The molecule has 0 bridgehead atoms. The Morgan fingerprint density at radius 3 is 2.55 bits per heavy atom. The van der Waals surface area contributed by atoms with Gasteiger partial charge < -0.3 is 24.3 Å². The molecule has 0 saturated carbocycles. The van der Waals surface area contributed by atoms with Gasteiger partial charge >= 0.3 is 0 Å². The third-order valence-corrected chi connectivity index (χ3v) is 7.28. The fraction of sp³-hybridized carbons (Fsp3) is 0.552. The minimum atomic E-state index is -0.602. The Bertz CT molecular complexity index is 1010. The molecule has 2 rings (SSSR count). The van der Waals surface area contributed by atoms with Crippen molar-refractivity contribution in [1.82, 2.24) is 5.32 Å². The monoisotopic (exact) mass is 549 g/mol. The van der Waals surface area contributed by atoms with Crippen molar-refractivity contribution in [1.29, 1.82) is 0 Å². The van der Waals surface area contributed by atoms with Gasteiger partial charge in [0.2, 0.25) is 6.41 Å². The SMILES string of the molecule is COc1cc(C/C(C)=C/C=C/CC(CC(OC)[C@H](C)C2OC2[C@@H](CC(C)=O)OC=O)NC=O)cc(C)c1Cl. The predicted octanol–water partition coefficient (Wildman–Crippen LogP) is 4.54. The van der Waals surface area contributed by atoms with E-state index in [1.807, 2.05) is 32.1 Å². The molecule has 1 saturated heterocycles. The zero-order valence-electron chi connectivity index (χ0n) is 23.1. The smallest absolute Gasteiger partial charge is 0.293 e. The van der Waals surface area contributed by atoms with Crippen molar-refractivity contribution < 1.29 is 33.3 Å². The molecular weight excluding hydrogens is 510 g/mol. The summed E-state index contributed by atoms with van der Waals surface area (Å²) in [5, 5.41) is 3.51. The van der Waals surface area contributed by atoms with Crippen LogP contribution in [0.1, 0.15) is 51.2 Å². The molecule has 4 unspecified atom stereocenters. The molecule has 9 heteroatoms. The van der Waals surface area contributed by atoms with Gasteiger partial charge in [0.25, 0.3) is 6.47 Å². The van der Waals surface area contributed by atoms with Gasteiger partial charge in [-0.2, -0.15) is 0 Å². The lowest BCUT2D eigenvalue weighted by molar-refractivity contribution is -0.136. The van der Waals surface area contributed by atoms with Crippen molar-refractivity contribution >= 4 is 30.3 Å². The van der Waals surface area contributed by atoms with Crippen molar-refractivity contribution in [2.75, 3.05) is 14.2 Å². The van der Waals surface area contributed by atoms with E-state index in [0.717, 1.165) is 17.5 Å². The lowest BCUT2D eigenvalue weighted by atomic mass is 9.91. The van der Waals surface area contributed by atoms with Crippen LogP contribution in [-0.4, -0.2) is 63.3 Å². The number of allylic oxidation sites excluding steroid dienone is 3. The van der Waals surface area contributed by atoms with E-state index < -0.39 is 6.10 Å². The van der Waals surface area contributed by atoms with Gasteiger partial charge in [-0.25, -0.2) is 0 Å². The Hall–Kier alpha value is -2.68. The summed E-state index contributed by atoms with van der Waals surface area (Å²) in [4.78, 5) is 33.6. The highest BCUT2D eigenvalue weighted by Crippen LogP contribution is 2.37. The van der Waals surface area contributed by atoms with Gasteiger partial charge in [-0.1, -0.05) is 48.4 Å². The number of epoxide rings is 1. The Labute approximate surface area is 230 Å². The molecule has 1 aliphatic rings. The minimum Gasteiger partial charge on any atom is -0.495 e. The van der Waals surface area contributed by atoms with Crippen LogP contribution in [0.5, 0.6) is 5.75 Å². The highest BCUT2D eigenvalue weighted by molar-refractivity contribution is 6.32. The first kappa shape index (κ1) is 31.5. The lowest BCUT2D eigenvalue weighted by Gasteiger charge is -2.26. The molecule has 8 nitrogen and oxygen atoms in total. The lowest BCUT2D eigenvalue weighted by Crippen LogP contribution is -2.37. The first-order valence-electron chi connectivity index (χ1n) is 12.8. The van der Waals surface area contributed by atoms with E-state index in [-0.39, 0.29) is 42.5 Å². The minimum absolute atomic E-state index is 0.0309. The molecule has 1 aromatic carbocycles. The van der Waals surface area contributed by atoms with Gasteiger partial charge in [-0.05, 0) is 57.2 Å². The maximum absolute atomic E-state index is 11.5. The Morgan fingerprint density at radius 1 is 1.21 bits per heavy atom. The van der Waals surface area contributed by atoms with Gasteiger partial charge in [0.1, 0.15) is 23.7 Å². The van der Waals surface area contributed by atoms with Crippen LogP contribution in [0.2, 0.25) is 5.02 Å². The highest BCUT2D eigenvalue weighted by Gasteiger charge is 2.51. The molecule has 1 heterocycles. The number of hydrogen-bond acceptors (Lipinski definition) is 7. The number of benzene rings is 1. The van der Waals surface area contributed by atoms with Crippen LogP contribution in [0.25, 0.3) is 0 Å². The van der Waals surface area contributed by atoms with Gasteiger partial charge in [-0.15, -0.1) is 0 Å². The van der Waals surface area contributed by atoms with E-state index in [1.54, 1.807) is 14.2 Å². The van der Waals surface area contributed by atoms with Crippen LogP contribution < -0.4 is 10.1 Å². The molecule has 1 aromatic rings. The van der Waals surface area contributed by atoms with Crippen molar-refractivity contribution in [3.63, 3.8) is 0 Å². The number of nitrogens with one attached hydrogen (secondary N) is 1. The number of amides is 1. The molecule has 38 heavy (non-hydrogen) atoms. The number of hydrogen-bond donors (Lipinski definition) is 1. The molecule has 0 spiro atoms. The average Bonchev–Trinajstić information content (AvgIpc) is 3.67. The summed E-state index contributed by atoms with van der Waals surface area (Å²) in [7, 11) is 3.24. The predicted molar refractivity (Wildman–Crippen MR) is 146 cm³/mol. The normalized spacial score (nSPS) is 20.3. The largest absolute Gasteiger partial charge is 0.495 e. The van der Waals surface area contributed by atoms with Crippen molar-refractivity contribution in [3.05, 3.63) is 52.1 Å². The molecular formula is C29H40ClNO7. The third kappa shape index (κ3) is 9.57. The summed E-state index contributed by atoms with van der Waals surface area (Å²) in [6.07, 6.45) is 7.49. The van der Waals surface area contributed by atoms with E-state index in [0.29, 0.717) is 36.5 Å². The van der Waals surface area contributed by atoms with Gasteiger partial charge in [-0.3, -0.25) is 14.4 Å². The molecule has 6 atom stereocenters. The zero-order valence-corrected chi connectivity index (χ0v) is 23.8. The molecule has 0 radical (unpaired) electrons. The summed E-state index contributed by atoms with van der Waals surface area (Å²) in [6, 6.07) is 3.88. The summed E-state index contributed by atoms with van der Waals surface area (Å²) in [5.74, 6) is 0.566. The number of methoxy groups -OCH3 is 2. The van der Waals surface area contributed by atoms with Crippen LogP contribution in [0.15, 0.2) is 35.9 Å². The maximum atomic E-state index is 11.5. The second kappa shape index (κ2) is 15.7. The first-order chi connectivity index (χ1) is 18.1. The van der Waals surface area contributed by atoms with Crippen LogP contribution >= 0.6 is 11.6 Å². The first-order valence-corrected chi connectivity index (χ1v) is 13.1. The van der Waals surface area contributed by atoms with E-state index in [1.165, 1.54) is 12.5 Å². The second-order valence-corrected chi connectivity index (χ2v) is 10.3. The maximum Gasteiger partial charge on any atom is 0.293 e. The number of halogens is 1. The molecule has 0 aliphatic carbocycles. The molecule has 0 aromatic heterocycles. The van der Waals surface area contributed by atoms with Crippen LogP contribution in [0, 0.1) is 12.8 Å². The highest BCUT2D eigenvalue weighted by atomic mass is 35.5.